The van der Waals surface area contributed by atoms with Gasteiger partial charge in [0, 0.05) is 18.1 Å². The molecule has 6 rings (SSSR count). The number of nitrogens with zero attached hydrogens (tertiary/aromatic N) is 4. The van der Waals surface area contributed by atoms with Crippen LogP contribution in [0.3, 0.4) is 0 Å². The van der Waals surface area contributed by atoms with Gasteiger partial charge in [0.15, 0.2) is 5.75 Å². The lowest BCUT2D eigenvalue weighted by molar-refractivity contribution is -0.432. The van der Waals surface area contributed by atoms with Crippen molar-refractivity contribution >= 4 is 77.2 Å². The summed E-state index contributed by atoms with van der Waals surface area (Å²) in [7, 11) is -1.99. The van der Waals surface area contributed by atoms with Crippen LogP contribution in [0, 0.1) is 6.92 Å². The molecule has 0 bridgehead atoms. The number of anilines is 1. The van der Waals surface area contributed by atoms with Crippen LogP contribution < -0.4 is 5.73 Å². The molecule has 0 aliphatic heterocycles. The standard InChI is InChI=1S/C21H17N3O4S.C11H10N2.4C3H8.CH4O3S/c1-12-6-7-15-11-17(29-28-27-26)20(21(25)18(15)19(12)22)24-23-16-9-8-13-4-2-3-5-14(13)10-16;1-12-13-11-7-6-9-4-2-3-5-10(9)8-11;4*1-3-2;1-5(2,3)4/h2-11,25-26H,22H2,1H3;2-8H,1H3;4*3H2,1-2H3;1H3,(H,2,3,4). The van der Waals surface area contributed by atoms with Crippen LogP contribution in [0.4, 0.5) is 22.7 Å². The summed E-state index contributed by atoms with van der Waals surface area (Å²) >= 11 is 0.697. The van der Waals surface area contributed by atoms with E-state index in [9.17, 15) is 13.5 Å². The molecular weight excluding hydrogens is 787 g/mol. The molecule has 12 nitrogen and oxygen atoms in total. The number of aromatic hydroxyl groups is 1. The third-order valence-corrected chi connectivity index (χ3v) is 7.20. The van der Waals surface area contributed by atoms with Crippen LogP contribution in [-0.4, -0.2) is 36.6 Å². The fraction of sp³-hybridized carbons (Fsp3) is 0.333. The highest BCUT2D eigenvalue weighted by molar-refractivity contribution is 7.94. The monoisotopic (exact) mass is 849 g/mol. The van der Waals surface area contributed by atoms with Crippen molar-refractivity contribution in [3.05, 3.63) is 109 Å². The Balaban J connectivity index is 0.000000921. The lowest BCUT2D eigenvalue weighted by atomic mass is 10.0. The van der Waals surface area contributed by atoms with E-state index in [4.69, 9.17) is 15.5 Å². The molecule has 322 valence electrons. The van der Waals surface area contributed by atoms with Crippen molar-refractivity contribution in [1.82, 2.24) is 0 Å². The maximum Gasteiger partial charge on any atom is 0.261 e. The van der Waals surface area contributed by atoms with Crippen molar-refractivity contribution in [3.63, 3.8) is 0 Å². The van der Waals surface area contributed by atoms with E-state index in [1.165, 1.54) is 36.5 Å². The van der Waals surface area contributed by atoms with Crippen molar-refractivity contribution in [2.45, 2.75) is 92.9 Å². The highest BCUT2D eigenvalue weighted by atomic mass is 32.2. The second-order valence-electron chi connectivity index (χ2n) is 12.8. The molecule has 6 aromatic carbocycles. The molecule has 59 heavy (non-hydrogen) atoms. The summed E-state index contributed by atoms with van der Waals surface area (Å²) in [5.74, 6) is -0.128. The normalized spacial score (nSPS) is 10.4. The van der Waals surface area contributed by atoms with Gasteiger partial charge in [0.25, 0.3) is 10.1 Å². The number of hydrogen-bond acceptors (Lipinski definition) is 12. The van der Waals surface area contributed by atoms with Gasteiger partial charge in [0.1, 0.15) is 5.69 Å². The average molecular weight is 850 g/mol. The van der Waals surface area contributed by atoms with E-state index in [1.807, 2.05) is 85.8 Å². The summed E-state index contributed by atoms with van der Waals surface area (Å²) in [6.07, 6.45) is 5.72. The maximum absolute atomic E-state index is 10.9. The minimum Gasteiger partial charge on any atom is -0.505 e. The fourth-order valence-corrected chi connectivity index (χ4v) is 4.98. The number of benzene rings is 6. The molecule has 0 aliphatic rings. The number of phenolic OH excluding ortho intramolecular Hbond substituents is 1. The van der Waals surface area contributed by atoms with E-state index in [0.717, 1.165) is 22.0 Å². The third kappa shape index (κ3) is 21.6. The molecule has 0 radical (unpaired) electrons. The Labute approximate surface area is 355 Å². The van der Waals surface area contributed by atoms with E-state index >= 15 is 0 Å². The average Bonchev–Trinajstić information content (AvgIpc) is 3.19. The van der Waals surface area contributed by atoms with Gasteiger partial charge in [0.05, 0.1) is 34.6 Å². The van der Waals surface area contributed by atoms with Crippen molar-refractivity contribution in [2.75, 3.05) is 19.0 Å². The number of fused-ring (bicyclic) bond motifs is 3. The van der Waals surface area contributed by atoms with E-state index in [-0.39, 0.29) is 11.4 Å². The van der Waals surface area contributed by atoms with Crippen molar-refractivity contribution in [3.8, 4) is 5.75 Å². The van der Waals surface area contributed by atoms with Crippen LogP contribution in [0.1, 0.15) is 86.6 Å². The Morgan fingerprint density at radius 1 is 0.644 bits per heavy atom. The van der Waals surface area contributed by atoms with E-state index < -0.39 is 10.1 Å². The first-order valence-corrected chi connectivity index (χ1v) is 22.0. The highest BCUT2D eigenvalue weighted by Crippen LogP contribution is 2.46. The third-order valence-electron chi connectivity index (χ3n) is 6.58. The van der Waals surface area contributed by atoms with Crippen molar-refractivity contribution in [2.24, 2.45) is 20.5 Å². The second kappa shape index (κ2) is 31.0. The number of rotatable bonds is 6. The van der Waals surface area contributed by atoms with E-state index in [2.05, 4.69) is 103 Å². The summed E-state index contributed by atoms with van der Waals surface area (Å²) in [4.78, 5) is 0.400. The first kappa shape index (κ1) is 54.0. The van der Waals surface area contributed by atoms with Gasteiger partial charge in [-0.25, -0.2) is 5.26 Å². The molecule has 0 fully saturated rings. The van der Waals surface area contributed by atoms with Gasteiger partial charge in [-0.05, 0) is 69.8 Å². The minimum atomic E-state index is -3.67. The Morgan fingerprint density at radius 2 is 1.05 bits per heavy atom. The Morgan fingerprint density at radius 3 is 1.47 bits per heavy atom. The molecule has 0 atom stereocenters. The zero-order chi connectivity index (χ0) is 44.8. The minimum absolute atomic E-state index is 0.128. The lowest BCUT2D eigenvalue weighted by Crippen LogP contribution is -1.92. The fourth-order valence-electron chi connectivity index (χ4n) is 4.48. The molecule has 0 aliphatic carbocycles. The number of azo groups is 2. The van der Waals surface area contributed by atoms with Crippen LogP contribution in [0.15, 0.2) is 128 Å². The molecular formula is C45H63N5O7S2. The van der Waals surface area contributed by atoms with Gasteiger partial charge in [0.2, 0.25) is 0 Å². The van der Waals surface area contributed by atoms with Crippen LogP contribution in [0.25, 0.3) is 32.3 Å². The van der Waals surface area contributed by atoms with Gasteiger partial charge < -0.3 is 10.8 Å². The number of phenols is 1. The lowest BCUT2D eigenvalue weighted by Gasteiger charge is -2.12. The first-order chi connectivity index (χ1) is 28.1. The summed E-state index contributed by atoms with van der Waals surface area (Å²) < 4.78 is 30.4. The Hall–Kier alpha value is -4.96. The zero-order valence-corrected chi connectivity index (χ0v) is 37.9. The predicted octanol–water partition coefficient (Wildman–Crippen LogP) is 15.2. The topological polar surface area (TPSA) is 189 Å². The molecule has 0 saturated carbocycles. The van der Waals surface area contributed by atoms with Crippen LogP contribution in [0.2, 0.25) is 0 Å². The smallest absolute Gasteiger partial charge is 0.261 e. The molecule has 0 amide bonds. The summed E-state index contributed by atoms with van der Waals surface area (Å²) in [6.45, 7) is 18.9. The first-order valence-electron chi connectivity index (χ1n) is 19.5. The van der Waals surface area contributed by atoms with Gasteiger partial charge in [-0.2, -0.15) is 23.8 Å². The van der Waals surface area contributed by atoms with Crippen LogP contribution >= 0.6 is 12.0 Å². The number of aryl methyl sites for hydroxylation is 1. The van der Waals surface area contributed by atoms with Crippen LogP contribution in [0.5, 0.6) is 5.75 Å². The SMILES string of the molecule is CCC.CCC.CCC.CCC.CN=Nc1ccc2ccccc2c1.CS(=O)(=O)O.Cc1ccc2cc(SOOO)c(N=Nc3ccc4ccccc4c3)c(O)c2c1N. The molecule has 0 unspecified atom stereocenters. The molecule has 0 aromatic heterocycles. The van der Waals surface area contributed by atoms with Gasteiger partial charge >= 0.3 is 0 Å². The summed E-state index contributed by atoms with van der Waals surface area (Å²) in [5, 5.41) is 45.0. The van der Waals surface area contributed by atoms with Crippen molar-refractivity contribution < 1.29 is 32.7 Å². The maximum atomic E-state index is 10.9. The van der Waals surface area contributed by atoms with E-state index in [1.54, 1.807) is 13.1 Å². The number of nitrogens with two attached hydrogens (primary N) is 1. The molecule has 0 spiro atoms. The molecule has 6 aromatic rings. The van der Waals surface area contributed by atoms with E-state index in [0.29, 0.717) is 45.3 Å². The van der Waals surface area contributed by atoms with Gasteiger partial charge in [-0.1, -0.05) is 159 Å². The molecule has 0 saturated heterocycles. The second-order valence-corrected chi connectivity index (χ2v) is 15.0. The molecule has 0 heterocycles. The van der Waals surface area contributed by atoms with Crippen molar-refractivity contribution in [1.29, 1.82) is 0 Å². The number of hydrogen-bond donors (Lipinski definition) is 4. The largest absolute Gasteiger partial charge is 0.505 e. The Kier molecular flexibility index (Phi) is 28.4. The number of nitrogen functional groups attached to an aromatic ring is 1. The summed E-state index contributed by atoms with van der Waals surface area (Å²) in [5.41, 5.74) is 9.15. The quantitative estimate of drug-likeness (QED) is 0.0316. The Bertz CT molecular complexity index is 2250. The molecule has 5 N–H and O–H groups in total. The van der Waals surface area contributed by atoms with Gasteiger partial charge in [-0.15, -0.1) is 9.45 Å². The van der Waals surface area contributed by atoms with Crippen LogP contribution in [-0.2, 0) is 19.5 Å². The molecule has 14 heteroatoms. The van der Waals surface area contributed by atoms with Gasteiger partial charge in [-0.3, -0.25) is 4.55 Å². The highest BCUT2D eigenvalue weighted by Gasteiger charge is 2.17. The zero-order valence-electron chi connectivity index (χ0n) is 36.3. The summed E-state index contributed by atoms with van der Waals surface area (Å²) in [6, 6.07) is 33.3. The predicted molar refractivity (Wildman–Crippen MR) is 249 cm³/mol.